The van der Waals surface area contributed by atoms with Gasteiger partial charge < -0.3 is 15.4 Å². The van der Waals surface area contributed by atoms with E-state index in [4.69, 9.17) is 4.74 Å². The van der Waals surface area contributed by atoms with Crippen LogP contribution < -0.4 is 15.4 Å². The number of alkyl halides is 3. The Balaban J connectivity index is 0.00000320. The highest BCUT2D eigenvalue weighted by Crippen LogP contribution is 2.30. The van der Waals surface area contributed by atoms with Crippen molar-refractivity contribution < 1.29 is 17.9 Å². The normalized spacial score (nSPS) is 15.0. The Morgan fingerprint density at radius 2 is 2.07 bits per heavy atom. The van der Waals surface area contributed by atoms with Crippen molar-refractivity contribution in [1.82, 2.24) is 20.6 Å². The molecular formula is C19H25F3IN5OS. The van der Waals surface area contributed by atoms with Crippen molar-refractivity contribution >= 4 is 41.3 Å². The number of halogens is 4. The molecule has 1 saturated carbocycles. The largest absolute Gasteiger partial charge is 0.474 e. The molecule has 0 radical (unpaired) electrons. The molecule has 0 amide bonds. The maximum Gasteiger partial charge on any atom is 0.434 e. The van der Waals surface area contributed by atoms with E-state index in [1.165, 1.54) is 12.8 Å². The lowest BCUT2D eigenvalue weighted by Crippen LogP contribution is -2.36. The van der Waals surface area contributed by atoms with Crippen LogP contribution in [0.3, 0.4) is 0 Å². The molecule has 1 aliphatic rings. The van der Waals surface area contributed by atoms with E-state index in [0.29, 0.717) is 29.9 Å². The second-order valence-electron chi connectivity index (χ2n) is 6.66. The van der Waals surface area contributed by atoms with E-state index < -0.39 is 11.9 Å². The molecule has 0 aliphatic heterocycles. The molecule has 166 valence electrons. The SMILES string of the molecule is CCNC(=NCc1cccnc1OC1CCCC1)NCc1nc(C(F)(F)F)cs1.I. The average Bonchev–Trinajstić information content (AvgIpc) is 3.36. The fourth-order valence-electron chi connectivity index (χ4n) is 3.00. The molecule has 30 heavy (non-hydrogen) atoms. The number of nitrogens with zero attached hydrogens (tertiary/aromatic N) is 3. The molecule has 2 N–H and O–H groups in total. The van der Waals surface area contributed by atoms with E-state index in [2.05, 4.69) is 25.6 Å². The van der Waals surface area contributed by atoms with Gasteiger partial charge in [-0.2, -0.15) is 13.2 Å². The molecule has 6 nitrogen and oxygen atoms in total. The fraction of sp³-hybridized carbons (Fsp3) is 0.526. The summed E-state index contributed by atoms with van der Waals surface area (Å²) in [5, 5.41) is 7.47. The van der Waals surface area contributed by atoms with Crippen LogP contribution in [0.25, 0.3) is 0 Å². The van der Waals surface area contributed by atoms with Crippen molar-refractivity contribution in [2.24, 2.45) is 4.99 Å². The van der Waals surface area contributed by atoms with Crippen molar-refractivity contribution in [3.63, 3.8) is 0 Å². The number of aliphatic imine (C=N–C) groups is 1. The van der Waals surface area contributed by atoms with Gasteiger partial charge in [0.25, 0.3) is 0 Å². The first-order valence-electron chi connectivity index (χ1n) is 9.60. The molecule has 2 aromatic heterocycles. The minimum Gasteiger partial charge on any atom is -0.474 e. The third-order valence-electron chi connectivity index (χ3n) is 4.43. The van der Waals surface area contributed by atoms with Gasteiger partial charge in [-0.3, -0.25) is 0 Å². The molecule has 3 rings (SSSR count). The summed E-state index contributed by atoms with van der Waals surface area (Å²) in [5.41, 5.74) is -0.00416. The molecule has 0 bridgehead atoms. The molecule has 1 aliphatic carbocycles. The lowest BCUT2D eigenvalue weighted by molar-refractivity contribution is -0.140. The van der Waals surface area contributed by atoms with Gasteiger partial charge in [-0.1, -0.05) is 6.07 Å². The first kappa shape index (κ1) is 24.6. The van der Waals surface area contributed by atoms with Crippen LogP contribution in [0.15, 0.2) is 28.7 Å². The van der Waals surface area contributed by atoms with Gasteiger partial charge in [0.15, 0.2) is 11.7 Å². The molecule has 0 atom stereocenters. The Kier molecular flexibility index (Phi) is 9.59. The molecule has 2 aromatic rings. The van der Waals surface area contributed by atoms with Gasteiger partial charge in [-0.05, 0) is 38.7 Å². The van der Waals surface area contributed by atoms with Crippen molar-refractivity contribution in [3.05, 3.63) is 40.0 Å². The lowest BCUT2D eigenvalue weighted by Gasteiger charge is -2.15. The van der Waals surface area contributed by atoms with Gasteiger partial charge in [0.1, 0.15) is 11.1 Å². The van der Waals surface area contributed by atoms with Crippen molar-refractivity contribution in [3.8, 4) is 5.88 Å². The van der Waals surface area contributed by atoms with Gasteiger partial charge >= 0.3 is 6.18 Å². The van der Waals surface area contributed by atoms with Crippen LogP contribution >= 0.6 is 35.3 Å². The van der Waals surface area contributed by atoms with Gasteiger partial charge in [-0.15, -0.1) is 35.3 Å². The summed E-state index contributed by atoms with van der Waals surface area (Å²) >= 11 is 0.965. The number of hydrogen-bond acceptors (Lipinski definition) is 5. The molecule has 0 unspecified atom stereocenters. The smallest absolute Gasteiger partial charge is 0.434 e. The molecule has 2 heterocycles. The highest BCUT2D eigenvalue weighted by molar-refractivity contribution is 14.0. The topological polar surface area (TPSA) is 71.4 Å². The van der Waals surface area contributed by atoms with Gasteiger partial charge in [0, 0.05) is 23.7 Å². The monoisotopic (exact) mass is 555 g/mol. The average molecular weight is 555 g/mol. The molecule has 11 heteroatoms. The van der Waals surface area contributed by atoms with E-state index in [1.54, 1.807) is 6.20 Å². The van der Waals surface area contributed by atoms with E-state index in [1.807, 2.05) is 19.1 Å². The Morgan fingerprint density at radius 3 is 2.73 bits per heavy atom. The van der Waals surface area contributed by atoms with Crippen LogP contribution in [0.2, 0.25) is 0 Å². The van der Waals surface area contributed by atoms with E-state index in [0.717, 1.165) is 35.1 Å². The summed E-state index contributed by atoms with van der Waals surface area (Å²) in [4.78, 5) is 12.5. The van der Waals surface area contributed by atoms with E-state index in [-0.39, 0.29) is 36.6 Å². The van der Waals surface area contributed by atoms with Crippen molar-refractivity contribution in [2.45, 2.75) is 58.0 Å². The Labute approximate surface area is 194 Å². The third kappa shape index (κ3) is 7.25. The quantitative estimate of drug-likeness (QED) is 0.293. The summed E-state index contributed by atoms with van der Waals surface area (Å²) in [6.07, 6.45) is 1.89. The minimum atomic E-state index is -4.43. The van der Waals surface area contributed by atoms with Crippen molar-refractivity contribution in [2.75, 3.05) is 6.54 Å². The van der Waals surface area contributed by atoms with Crippen LogP contribution in [-0.4, -0.2) is 28.6 Å². The maximum atomic E-state index is 12.7. The molecular weight excluding hydrogens is 530 g/mol. The Morgan fingerprint density at radius 1 is 1.30 bits per heavy atom. The summed E-state index contributed by atoms with van der Waals surface area (Å²) in [6.45, 7) is 3.04. The number of pyridine rings is 1. The highest BCUT2D eigenvalue weighted by Gasteiger charge is 2.33. The Bertz CT molecular complexity index is 824. The number of thiazole rings is 1. The summed E-state index contributed by atoms with van der Waals surface area (Å²) in [5.74, 6) is 1.08. The number of rotatable bonds is 7. The zero-order chi connectivity index (χ0) is 20.7. The van der Waals surface area contributed by atoms with Crippen LogP contribution in [0.5, 0.6) is 5.88 Å². The Hall–Kier alpha value is -1.63. The van der Waals surface area contributed by atoms with Gasteiger partial charge in [-0.25, -0.2) is 15.0 Å². The predicted molar refractivity (Wildman–Crippen MR) is 121 cm³/mol. The number of nitrogens with one attached hydrogen (secondary N) is 2. The fourth-order valence-corrected chi connectivity index (χ4v) is 3.74. The molecule has 1 fully saturated rings. The maximum absolute atomic E-state index is 12.7. The first-order chi connectivity index (χ1) is 14.0. The van der Waals surface area contributed by atoms with Gasteiger partial charge in [0.05, 0.1) is 13.1 Å². The van der Waals surface area contributed by atoms with Crippen LogP contribution in [0, 0.1) is 0 Å². The predicted octanol–water partition coefficient (Wildman–Crippen LogP) is 4.75. The second-order valence-corrected chi connectivity index (χ2v) is 7.61. The second kappa shape index (κ2) is 11.7. The number of aromatic nitrogens is 2. The number of guanidine groups is 1. The minimum absolute atomic E-state index is 0. The van der Waals surface area contributed by atoms with E-state index >= 15 is 0 Å². The summed E-state index contributed by atoms with van der Waals surface area (Å²) < 4.78 is 44.1. The van der Waals surface area contributed by atoms with Gasteiger partial charge in [0.2, 0.25) is 5.88 Å². The molecule has 0 spiro atoms. The van der Waals surface area contributed by atoms with Crippen LogP contribution in [-0.2, 0) is 19.3 Å². The van der Waals surface area contributed by atoms with E-state index in [9.17, 15) is 13.2 Å². The summed E-state index contributed by atoms with van der Waals surface area (Å²) in [7, 11) is 0. The molecule has 0 saturated heterocycles. The van der Waals surface area contributed by atoms with Crippen LogP contribution in [0.1, 0.15) is 48.9 Å². The molecule has 0 aromatic carbocycles. The lowest BCUT2D eigenvalue weighted by atomic mass is 10.2. The third-order valence-corrected chi connectivity index (χ3v) is 5.28. The zero-order valence-electron chi connectivity index (χ0n) is 16.5. The standard InChI is InChI=1S/C19H24F3N5OS.HI/c1-2-23-18(26-11-16-27-15(12-29-16)19(20,21)22)25-10-13-6-5-9-24-17(13)28-14-7-3-4-8-14;/h5-6,9,12,14H,2-4,7-8,10-11H2,1H3,(H2,23,25,26);1H. The first-order valence-corrected chi connectivity index (χ1v) is 10.5. The highest BCUT2D eigenvalue weighted by atomic mass is 127. The zero-order valence-corrected chi connectivity index (χ0v) is 19.7. The van der Waals surface area contributed by atoms with Crippen molar-refractivity contribution in [1.29, 1.82) is 0 Å². The number of hydrogen-bond donors (Lipinski definition) is 2. The summed E-state index contributed by atoms with van der Waals surface area (Å²) in [6, 6.07) is 3.75. The van der Waals surface area contributed by atoms with Crippen LogP contribution in [0.4, 0.5) is 13.2 Å². The number of ether oxygens (including phenoxy) is 1.